The number of anilines is 1. The number of carbonyl (C=O) groups excluding carboxylic acids is 1. The molecule has 1 aliphatic heterocycles. The smallest absolute Gasteiger partial charge is 0.320 e. The lowest BCUT2D eigenvalue weighted by Crippen LogP contribution is -2.40. The predicted molar refractivity (Wildman–Crippen MR) is 125 cm³/mol. The first-order chi connectivity index (χ1) is 15.5. The second kappa shape index (κ2) is 11.3. The van der Waals surface area contributed by atoms with E-state index in [1.165, 1.54) is 0 Å². The van der Waals surface area contributed by atoms with Crippen LogP contribution in [0, 0.1) is 0 Å². The van der Waals surface area contributed by atoms with Crippen LogP contribution in [0.25, 0.3) is 0 Å². The second-order valence-corrected chi connectivity index (χ2v) is 7.98. The fourth-order valence-electron chi connectivity index (χ4n) is 4.17. The van der Waals surface area contributed by atoms with Crippen LogP contribution >= 0.6 is 11.6 Å². The fourth-order valence-corrected chi connectivity index (χ4v) is 4.37. The summed E-state index contributed by atoms with van der Waals surface area (Å²) in [5.74, 6) is 1.75. The lowest BCUT2D eigenvalue weighted by molar-refractivity contribution is -0.145. The van der Waals surface area contributed by atoms with Gasteiger partial charge < -0.3 is 24.3 Å². The summed E-state index contributed by atoms with van der Waals surface area (Å²) in [6.07, 6.45) is 1.86. The number of ether oxygens (including phenoxy) is 4. The molecule has 0 unspecified atom stereocenters. The van der Waals surface area contributed by atoms with Crippen molar-refractivity contribution >= 4 is 23.3 Å². The van der Waals surface area contributed by atoms with Gasteiger partial charge in [-0.1, -0.05) is 17.7 Å². The summed E-state index contributed by atoms with van der Waals surface area (Å²) in [5, 5.41) is 4.03. The van der Waals surface area contributed by atoms with E-state index in [1.807, 2.05) is 37.3 Å². The Hall–Kier alpha value is -2.64. The number of hydrogen-bond donors (Lipinski definition) is 1. The Morgan fingerprint density at radius 3 is 2.47 bits per heavy atom. The molecule has 1 saturated heterocycles. The molecule has 0 spiro atoms. The van der Waals surface area contributed by atoms with Crippen molar-refractivity contribution in [3.63, 3.8) is 0 Å². The molecule has 7 nitrogen and oxygen atoms in total. The molecule has 32 heavy (non-hydrogen) atoms. The molecule has 0 saturated carbocycles. The SMILES string of the molecule is CCOC(=O)CN1[C@@H](CNc2ccc(Cl)c(OC)c2)CC[C@H]1c1ccc(OC)c(OC)c1. The van der Waals surface area contributed by atoms with E-state index in [9.17, 15) is 4.79 Å². The van der Waals surface area contributed by atoms with E-state index in [0.717, 1.165) is 24.1 Å². The van der Waals surface area contributed by atoms with Gasteiger partial charge in [0.05, 0.1) is 39.5 Å². The van der Waals surface area contributed by atoms with Crippen molar-refractivity contribution < 1.29 is 23.7 Å². The highest BCUT2D eigenvalue weighted by molar-refractivity contribution is 6.32. The van der Waals surface area contributed by atoms with Crippen molar-refractivity contribution in [2.45, 2.75) is 31.8 Å². The van der Waals surface area contributed by atoms with Gasteiger partial charge in [0.15, 0.2) is 11.5 Å². The lowest BCUT2D eigenvalue weighted by atomic mass is 10.0. The molecule has 2 aromatic rings. The van der Waals surface area contributed by atoms with E-state index in [1.54, 1.807) is 27.4 Å². The van der Waals surface area contributed by atoms with Gasteiger partial charge in [0.1, 0.15) is 5.75 Å². The first kappa shape index (κ1) is 24.0. The minimum atomic E-state index is -0.224. The molecule has 2 aromatic carbocycles. The molecule has 2 atom stereocenters. The minimum absolute atomic E-state index is 0.0748. The van der Waals surface area contributed by atoms with Crippen molar-refractivity contribution in [3.05, 3.63) is 47.0 Å². The fraction of sp³-hybridized carbons (Fsp3) is 0.458. The number of hydrogen-bond acceptors (Lipinski definition) is 7. The highest BCUT2D eigenvalue weighted by atomic mass is 35.5. The number of halogens is 1. The standard InChI is InChI=1S/C24H31ClN2O5/c1-5-32-24(28)15-27-18(14-26-17-7-9-19(25)22(13-17)30-3)8-10-20(27)16-6-11-21(29-2)23(12-16)31-4/h6-7,9,11-13,18,20,26H,5,8,10,14-15H2,1-4H3/t18-,20+/m1/s1. The van der Waals surface area contributed by atoms with Crippen LogP contribution in [0.2, 0.25) is 5.02 Å². The Bertz CT molecular complexity index is 923. The van der Waals surface area contributed by atoms with Crippen LogP contribution in [0.5, 0.6) is 17.2 Å². The van der Waals surface area contributed by atoms with Crippen molar-refractivity contribution in [3.8, 4) is 17.2 Å². The number of benzene rings is 2. The Morgan fingerprint density at radius 1 is 1.03 bits per heavy atom. The largest absolute Gasteiger partial charge is 0.495 e. The summed E-state index contributed by atoms with van der Waals surface area (Å²) >= 11 is 6.14. The first-order valence-electron chi connectivity index (χ1n) is 10.7. The van der Waals surface area contributed by atoms with Crippen molar-refractivity contribution in [2.75, 3.05) is 46.3 Å². The Morgan fingerprint density at radius 2 is 1.78 bits per heavy atom. The van der Waals surface area contributed by atoms with E-state index in [0.29, 0.717) is 35.4 Å². The van der Waals surface area contributed by atoms with Gasteiger partial charge in [0.25, 0.3) is 0 Å². The molecular weight excluding hydrogens is 432 g/mol. The molecular formula is C24H31ClN2O5. The van der Waals surface area contributed by atoms with E-state index < -0.39 is 0 Å². The molecule has 0 aromatic heterocycles. The van der Waals surface area contributed by atoms with Gasteiger partial charge >= 0.3 is 5.97 Å². The molecule has 174 valence electrons. The third kappa shape index (κ3) is 5.58. The van der Waals surface area contributed by atoms with Crippen LogP contribution in [0.15, 0.2) is 36.4 Å². The molecule has 1 N–H and O–H groups in total. The van der Waals surface area contributed by atoms with Crippen LogP contribution in [-0.4, -0.2) is 57.9 Å². The average molecular weight is 463 g/mol. The predicted octanol–water partition coefficient (Wildman–Crippen LogP) is 4.55. The topological polar surface area (TPSA) is 69.3 Å². The zero-order chi connectivity index (χ0) is 23.1. The maximum Gasteiger partial charge on any atom is 0.320 e. The molecule has 3 rings (SSSR count). The number of esters is 1. The molecule has 1 heterocycles. The van der Waals surface area contributed by atoms with E-state index in [4.69, 9.17) is 30.5 Å². The first-order valence-corrected chi connectivity index (χ1v) is 11.1. The van der Waals surface area contributed by atoms with Crippen LogP contribution in [0.3, 0.4) is 0 Å². The maximum absolute atomic E-state index is 12.4. The third-order valence-corrected chi connectivity index (χ3v) is 6.06. The van der Waals surface area contributed by atoms with Gasteiger partial charge in [-0.2, -0.15) is 0 Å². The monoisotopic (exact) mass is 462 g/mol. The van der Waals surface area contributed by atoms with Gasteiger partial charge in [-0.15, -0.1) is 0 Å². The highest BCUT2D eigenvalue weighted by Crippen LogP contribution is 2.39. The van der Waals surface area contributed by atoms with Crippen LogP contribution in [0.1, 0.15) is 31.4 Å². The summed E-state index contributed by atoms with van der Waals surface area (Å²) in [6, 6.07) is 11.7. The number of nitrogens with zero attached hydrogens (tertiary/aromatic N) is 1. The average Bonchev–Trinajstić information content (AvgIpc) is 3.20. The van der Waals surface area contributed by atoms with Crippen molar-refractivity contribution in [1.82, 2.24) is 4.90 Å². The van der Waals surface area contributed by atoms with Crippen molar-refractivity contribution in [1.29, 1.82) is 0 Å². The Kier molecular flexibility index (Phi) is 8.47. The molecule has 0 amide bonds. The molecule has 0 radical (unpaired) electrons. The van der Waals surface area contributed by atoms with E-state index in [-0.39, 0.29) is 24.6 Å². The maximum atomic E-state index is 12.4. The Balaban J connectivity index is 1.79. The van der Waals surface area contributed by atoms with Gasteiger partial charge in [-0.25, -0.2) is 0 Å². The number of nitrogens with one attached hydrogen (secondary N) is 1. The quantitative estimate of drug-likeness (QED) is 0.519. The normalized spacial score (nSPS) is 18.3. The van der Waals surface area contributed by atoms with Crippen molar-refractivity contribution in [2.24, 2.45) is 0 Å². The third-order valence-electron chi connectivity index (χ3n) is 5.74. The highest BCUT2D eigenvalue weighted by Gasteiger charge is 2.36. The van der Waals surface area contributed by atoms with E-state index >= 15 is 0 Å². The lowest BCUT2D eigenvalue weighted by Gasteiger charge is -2.30. The second-order valence-electron chi connectivity index (χ2n) is 7.57. The summed E-state index contributed by atoms with van der Waals surface area (Å²) in [4.78, 5) is 14.6. The minimum Gasteiger partial charge on any atom is -0.495 e. The zero-order valence-electron chi connectivity index (χ0n) is 19.0. The molecule has 0 bridgehead atoms. The van der Waals surface area contributed by atoms with Crippen LogP contribution < -0.4 is 19.5 Å². The summed E-state index contributed by atoms with van der Waals surface area (Å²) in [6.45, 7) is 3.08. The van der Waals surface area contributed by atoms with Gasteiger partial charge in [0, 0.05) is 30.4 Å². The van der Waals surface area contributed by atoms with E-state index in [2.05, 4.69) is 10.2 Å². The van der Waals surface area contributed by atoms with Crippen LogP contribution in [-0.2, 0) is 9.53 Å². The molecule has 0 aliphatic carbocycles. The van der Waals surface area contributed by atoms with Gasteiger partial charge in [-0.3, -0.25) is 9.69 Å². The summed E-state index contributed by atoms with van der Waals surface area (Å²) in [7, 11) is 4.84. The molecule has 1 aliphatic rings. The number of likely N-dealkylation sites (tertiary alicyclic amines) is 1. The summed E-state index contributed by atoms with van der Waals surface area (Å²) < 4.78 is 21.4. The van der Waals surface area contributed by atoms with Gasteiger partial charge in [-0.05, 0) is 49.6 Å². The zero-order valence-corrected chi connectivity index (χ0v) is 19.8. The molecule has 8 heteroatoms. The Labute approximate surface area is 194 Å². The number of methoxy groups -OCH3 is 3. The number of rotatable bonds is 10. The molecule has 1 fully saturated rings. The summed E-state index contributed by atoms with van der Waals surface area (Å²) in [5.41, 5.74) is 2.00. The van der Waals surface area contributed by atoms with Gasteiger partial charge in [0.2, 0.25) is 0 Å². The van der Waals surface area contributed by atoms with Crippen LogP contribution in [0.4, 0.5) is 5.69 Å². The number of carbonyl (C=O) groups is 1.